The zero-order chi connectivity index (χ0) is 13.8. The van der Waals surface area contributed by atoms with E-state index in [-0.39, 0.29) is 6.10 Å². The molecule has 0 aromatic rings. The van der Waals surface area contributed by atoms with Crippen LogP contribution in [0.3, 0.4) is 0 Å². The van der Waals surface area contributed by atoms with Gasteiger partial charge in [0, 0.05) is 0 Å². The van der Waals surface area contributed by atoms with Gasteiger partial charge in [-0.15, -0.1) is 0 Å². The van der Waals surface area contributed by atoms with Crippen molar-refractivity contribution in [1.29, 1.82) is 0 Å². The quantitative estimate of drug-likeness (QED) is 0.329. The number of carbonyl (C=O) groups is 1. The predicted octanol–water partition coefficient (Wildman–Crippen LogP) is 3.79. The Bertz CT molecular complexity index is 206. The van der Waals surface area contributed by atoms with Crippen molar-refractivity contribution in [3.63, 3.8) is 0 Å². The van der Waals surface area contributed by atoms with Crippen LogP contribution in [-0.2, 0) is 14.6 Å². The second kappa shape index (κ2) is 11.5. The summed E-state index contributed by atoms with van der Waals surface area (Å²) in [6.07, 6.45) is 6.64. The lowest BCUT2D eigenvalue weighted by atomic mass is 9.97. The molecule has 0 aliphatic carbocycles. The fraction of sp³-hybridized carbons (Fsp3) is 0.929. The Morgan fingerprint density at radius 1 is 1.11 bits per heavy atom. The summed E-state index contributed by atoms with van der Waals surface area (Å²) in [6.45, 7) is 6.52. The van der Waals surface area contributed by atoms with Gasteiger partial charge in [-0.25, -0.2) is 9.78 Å². The maximum Gasteiger partial charge on any atom is 0.309 e. The van der Waals surface area contributed by atoms with E-state index in [0.29, 0.717) is 13.0 Å². The standard InChI is InChI=1S/C14H28O4/c1-4-6-8-9-11-17-18-12(3)13(14(15)16)10-7-5-2/h12-13H,4-11H2,1-3H3,(H,15,16). The highest BCUT2D eigenvalue weighted by Crippen LogP contribution is 2.16. The van der Waals surface area contributed by atoms with Crippen molar-refractivity contribution in [2.24, 2.45) is 5.92 Å². The minimum Gasteiger partial charge on any atom is -0.481 e. The van der Waals surface area contributed by atoms with E-state index >= 15 is 0 Å². The van der Waals surface area contributed by atoms with Crippen LogP contribution in [0.15, 0.2) is 0 Å². The smallest absolute Gasteiger partial charge is 0.309 e. The van der Waals surface area contributed by atoms with Crippen LogP contribution in [0.5, 0.6) is 0 Å². The molecule has 4 heteroatoms. The van der Waals surface area contributed by atoms with Crippen LogP contribution in [-0.4, -0.2) is 23.8 Å². The molecule has 0 saturated carbocycles. The number of hydrogen-bond donors (Lipinski definition) is 1. The zero-order valence-electron chi connectivity index (χ0n) is 12.0. The van der Waals surface area contributed by atoms with E-state index in [1.807, 2.05) is 0 Å². The number of unbranched alkanes of at least 4 members (excludes halogenated alkanes) is 4. The summed E-state index contributed by atoms with van der Waals surface area (Å²) >= 11 is 0. The van der Waals surface area contributed by atoms with E-state index in [2.05, 4.69) is 13.8 Å². The lowest BCUT2D eigenvalue weighted by Crippen LogP contribution is -2.28. The van der Waals surface area contributed by atoms with Gasteiger partial charge < -0.3 is 5.11 Å². The molecule has 0 rings (SSSR count). The van der Waals surface area contributed by atoms with Gasteiger partial charge in [-0.05, 0) is 19.8 Å². The van der Waals surface area contributed by atoms with Gasteiger partial charge in [-0.3, -0.25) is 4.79 Å². The summed E-state index contributed by atoms with van der Waals surface area (Å²) in [7, 11) is 0. The Balaban J connectivity index is 3.74. The van der Waals surface area contributed by atoms with E-state index in [4.69, 9.17) is 14.9 Å². The van der Waals surface area contributed by atoms with Crippen LogP contribution < -0.4 is 0 Å². The maximum absolute atomic E-state index is 11.1. The van der Waals surface area contributed by atoms with E-state index < -0.39 is 11.9 Å². The van der Waals surface area contributed by atoms with Gasteiger partial charge in [-0.1, -0.05) is 46.0 Å². The molecule has 0 aromatic carbocycles. The second-order valence-electron chi connectivity index (χ2n) is 4.77. The van der Waals surface area contributed by atoms with Crippen LogP contribution in [0.2, 0.25) is 0 Å². The van der Waals surface area contributed by atoms with Gasteiger partial charge in [-0.2, -0.15) is 0 Å². The van der Waals surface area contributed by atoms with E-state index in [1.54, 1.807) is 6.92 Å². The minimum absolute atomic E-state index is 0.389. The van der Waals surface area contributed by atoms with Crippen molar-refractivity contribution >= 4 is 5.97 Å². The summed E-state index contributed by atoms with van der Waals surface area (Å²) in [5.41, 5.74) is 0. The van der Waals surface area contributed by atoms with Crippen molar-refractivity contribution in [2.45, 2.75) is 71.8 Å². The first kappa shape index (κ1) is 17.4. The van der Waals surface area contributed by atoms with Gasteiger partial charge in [0.2, 0.25) is 0 Å². The molecule has 2 unspecified atom stereocenters. The van der Waals surface area contributed by atoms with Crippen LogP contribution in [0.1, 0.15) is 65.7 Å². The summed E-state index contributed by atoms with van der Waals surface area (Å²) < 4.78 is 0. The second-order valence-corrected chi connectivity index (χ2v) is 4.77. The van der Waals surface area contributed by atoms with Gasteiger partial charge in [0.25, 0.3) is 0 Å². The number of carboxylic acids is 1. The zero-order valence-corrected chi connectivity index (χ0v) is 12.0. The van der Waals surface area contributed by atoms with E-state index in [1.165, 1.54) is 12.8 Å². The Morgan fingerprint density at radius 3 is 2.33 bits per heavy atom. The molecule has 108 valence electrons. The predicted molar refractivity (Wildman–Crippen MR) is 71.3 cm³/mol. The van der Waals surface area contributed by atoms with Crippen molar-refractivity contribution in [3.8, 4) is 0 Å². The van der Waals surface area contributed by atoms with Gasteiger partial charge in [0.1, 0.15) is 6.10 Å². The molecule has 0 fully saturated rings. The number of hydrogen-bond acceptors (Lipinski definition) is 3. The molecule has 0 bridgehead atoms. The molecule has 0 radical (unpaired) electrons. The highest BCUT2D eigenvalue weighted by molar-refractivity contribution is 5.70. The first-order valence-corrected chi connectivity index (χ1v) is 7.14. The third-order valence-electron chi connectivity index (χ3n) is 3.05. The molecule has 18 heavy (non-hydrogen) atoms. The molecule has 0 aliphatic rings. The Hall–Kier alpha value is -0.610. The molecule has 0 spiro atoms. The normalized spacial score (nSPS) is 14.4. The monoisotopic (exact) mass is 260 g/mol. The molecule has 0 aliphatic heterocycles. The maximum atomic E-state index is 11.1. The Kier molecular flexibility index (Phi) is 11.1. The number of carboxylic acid groups (broad SMARTS) is 1. The highest BCUT2D eigenvalue weighted by Gasteiger charge is 2.25. The molecular weight excluding hydrogens is 232 g/mol. The Morgan fingerprint density at radius 2 is 1.78 bits per heavy atom. The summed E-state index contributed by atoms with van der Waals surface area (Å²) in [5.74, 6) is -1.27. The van der Waals surface area contributed by atoms with Crippen molar-refractivity contribution in [2.75, 3.05) is 6.61 Å². The highest BCUT2D eigenvalue weighted by atomic mass is 17.2. The van der Waals surface area contributed by atoms with Gasteiger partial charge in [0.15, 0.2) is 0 Å². The van der Waals surface area contributed by atoms with E-state index in [0.717, 1.165) is 25.7 Å². The minimum atomic E-state index is -0.800. The summed E-state index contributed by atoms with van der Waals surface area (Å²) in [4.78, 5) is 21.3. The average molecular weight is 260 g/mol. The molecule has 0 saturated heterocycles. The molecule has 0 amide bonds. The van der Waals surface area contributed by atoms with Crippen LogP contribution in [0, 0.1) is 5.92 Å². The molecular formula is C14H28O4. The van der Waals surface area contributed by atoms with E-state index in [9.17, 15) is 4.79 Å². The SMILES string of the molecule is CCCCCCOOC(C)C(CCCC)C(=O)O. The third kappa shape index (κ3) is 8.48. The fourth-order valence-corrected chi connectivity index (χ4v) is 1.79. The van der Waals surface area contributed by atoms with Gasteiger partial charge >= 0.3 is 5.97 Å². The molecule has 2 atom stereocenters. The largest absolute Gasteiger partial charge is 0.481 e. The molecule has 1 N–H and O–H groups in total. The molecule has 0 aromatic heterocycles. The van der Waals surface area contributed by atoms with Crippen LogP contribution >= 0.6 is 0 Å². The lowest BCUT2D eigenvalue weighted by molar-refractivity contribution is -0.329. The van der Waals surface area contributed by atoms with Crippen LogP contribution in [0.4, 0.5) is 0 Å². The average Bonchev–Trinajstić information content (AvgIpc) is 2.33. The first-order valence-electron chi connectivity index (χ1n) is 7.14. The molecule has 4 nitrogen and oxygen atoms in total. The van der Waals surface area contributed by atoms with Crippen molar-refractivity contribution in [1.82, 2.24) is 0 Å². The first-order chi connectivity index (χ1) is 8.63. The number of aliphatic carboxylic acids is 1. The fourth-order valence-electron chi connectivity index (χ4n) is 1.79. The lowest BCUT2D eigenvalue weighted by Gasteiger charge is -2.19. The summed E-state index contributed by atoms with van der Waals surface area (Å²) in [6, 6.07) is 0. The molecule has 0 heterocycles. The van der Waals surface area contributed by atoms with Crippen molar-refractivity contribution < 1.29 is 19.7 Å². The van der Waals surface area contributed by atoms with Crippen molar-refractivity contribution in [3.05, 3.63) is 0 Å². The van der Waals surface area contributed by atoms with Gasteiger partial charge in [0.05, 0.1) is 12.5 Å². The number of rotatable bonds is 12. The summed E-state index contributed by atoms with van der Waals surface area (Å²) in [5, 5.41) is 9.11. The Labute approximate surface area is 111 Å². The topological polar surface area (TPSA) is 55.8 Å². The third-order valence-corrected chi connectivity index (χ3v) is 3.05. The van der Waals surface area contributed by atoms with Crippen LogP contribution in [0.25, 0.3) is 0 Å².